The molecule has 1 aromatic carbocycles. The van der Waals surface area contributed by atoms with Crippen LogP contribution in [0.2, 0.25) is 0 Å². The maximum absolute atomic E-state index is 11.9. The summed E-state index contributed by atoms with van der Waals surface area (Å²) < 4.78 is 10.6. The first-order chi connectivity index (χ1) is 12.1. The van der Waals surface area contributed by atoms with Crippen molar-refractivity contribution in [2.45, 2.75) is 51.5 Å². The number of aromatic nitrogens is 1. The molecule has 0 saturated heterocycles. The number of fused-ring (bicyclic) bond motifs is 1. The Labute approximate surface area is 146 Å². The molecule has 0 unspecified atom stereocenters. The lowest BCUT2D eigenvalue weighted by Gasteiger charge is -2.29. The minimum absolute atomic E-state index is 0.139. The van der Waals surface area contributed by atoms with Crippen molar-refractivity contribution in [2.24, 2.45) is 5.92 Å². The molecule has 0 spiro atoms. The highest BCUT2D eigenvalue weighted by Gasteiger charge is 2.23. The van der Waals surface area contributed by atoms with Crippen molar-refractivity contribution >= 4 is 23.0 Å². The summed E-state index contributed by atoms with van der Waals surface area (Å²) in [5, 5.41) is 2.97. The van der Waals surface area contributed by atoms with E-state index in [4.69, 9.17) is 9.15 Å². The number of oxazole rings is 1. The summed E-state index contributed by atoms with van der Waals surface area (Å²) in [5.41, 5.74) is 1.47. The van der Waals surface area contributed by atoms with Crippen molar-refractivity contribution in [1.82, 2.24) is 10.3 Å². The molecule has 1 aliphatic carbocycles. The minimum atomic E-state index is -0.422. The van der Waals surface area contributed by atoms with E-state index < -0.39 is 5.97 Å². The number of amides is 1. The van der Waals surface area contributed by atoms with Gasteiger partial charge in [0.1, 0.15) is 5.52 Å². The fourth-order valence-electron chi connectivity index (χ4n) is 3.23. The molecule has 2 atom stereocenters. The van der Waals surface area contributed by atoms with Crippen LogP contribution in [0, 0.1) is 5.92 Å². The van der Waals surface area contributed by atoms with Crippen molar-refractivity contribution < 1.29 is 18.7 Å². The topological polar surface area (TPSA) is 81.4 Å². The molecule has 25 heavy (non-hydrogen) atoms. The first kappa shape index (κ1) is 17.5. The van der Waals surface area contributed by atoms with Gasteiger partial charge in [0.15, 0.2) is 18.1 Å². The largest absolute Gasteiger partial charge is 0.456 e. The molecule has 6 heteroatoms. The Morgan fingerprint density at radius 2 is 2.08 bits per heavy atom. The number of aryl methyl sites for hydroxylation is 1. The van der Waals surface area contributed by atoms with Crippen LogP contribution < -0.4 is 5.32 Å². The number of esters is 1. The van der Waals surface area contributed by atoms with Crippen LogP contribution in [0.4, 0.5) is 0 Å². The lowest BCUT2D eigenvalue weighted by molar-refractivity contribution is -0.148. The molecule has 1 aliphatic rings. The number of benzene rings is 1. The van der Waals surface area contributed by atoms with Gasteiger partial charge in [-0.1, -0.05) is 31.9 Å². The third kappa shape index (κ3) is 4.81. The number of carbonyl (C=O) groups excluding carboxylic acids is 2. The number of rotatable bonds is 6. The fourth-order valence-corrected chi connectivity index (χ4v) is 3.23. The number of hydrogen-bond donors (Lipinski definition) is 1. The lowest BCUT2D eigenvalue weighted by atomic mass is 9.86. The molecular weight excluding hydrogens is 320 g/mol. The second-order valence-corrected chi connectivity index (χ2v) is 6.67. The molecule has 2 aromatic rings. The molecule has 1 amide bonds. The van der Waals surface area contributed by atoms with Crippen LogP contribution in [-0.4, -0.2) is 29.5 Å². The number of ether oxygens (including phenoxy) is 1. The second-order valence-electron chi connectivity index (χ2n) is 6.67. The maximum atomic E-state index is 11.9. The van der Waals surface area contributed by atoms with Crippen LogP contribution in [0.25, 0.3) is 11.1 Å². The molecule has 1 saturated carbocycles. The van der Waals surface area contributed by atoms with Gasteiger partial charge in [-0.15, -0.1) is 0 Å². The third-order valence-corrected chi connectivity index (χ3v) is 4.70. The highest BCUT2D eigenvalue weighted by atomic mass is 16.5. The standard InChI is InChI=1S/C19H24N2O4/c1-13-6-2-3-7-14(13)20-17(22)12-24-19(23)11-10-18-21-15-8-4-5-9-16(15)25-18/h4-5,8-9,13-14H,2-3,6-7,10-12H2,1H3,(H,20,22)/t13-,14-/m0/s1. The van der Waals surface area contributed by atoms with Gasteiger partial charge in [0.2, 0.25) is 0 Å². The van der Waals surface area contributed by atoms with Crippen LogP contribution in [0.3, 0.4) is 0 Å². The summed E-state index contributed by atoms with van der Waals surface area (Å²) in [7, 11) is 0. The normalized spacial score (nSPS) is 20.4. The SMILES string of the molecule is C[C@H]1CCCC[C@@H]1NC(=O)COC(=O)CCc1nc2ccccc2o1. The van der Waals surface area contributed by atoms with E-state index in [1.165, 1.54) is 6.42 Å². The monoisotopic (exact) mass is 344 g/mol. The zero-order chi connectivity index (χ0) is 17.6. The Kier molecular flexibility index (Phi) is 5.68. The Bertz CT molecular complexity index is 707. The van der Waals surface area contributed by atoms with Crippen molar-refractivity contribution in [2.75, 3.05) is 6.61 Å². The summed E-state index contributed by atoms with van der Waals surface area (Å²) in [6.07, 6.45) is 4.99. The summed E-state index contributed by atoms with van der Waals surface area (Å²) >= 11 is 0. The predicted octanol–water partition coefficient (Wildman–Crippen LogP) is 3.00. The van der Waals surface area contributed by atoms with Gasteiger partial charge in [-0.25, -0.2) is 4.98 Å². The second kappa shape index (κ2) is 8.14. The van der Waals surface area contributed by atoms with E-state index in [2.05, 4.69) is 17.2 Å². The van der Waals surface area contributed by atoms with Gasteiger partial charge in [-0.3, -0.25) is 9.59 Å². The number of nitrogens with zero attached hydrogens (tertiary/aromatic N) is 1. The van der Waals surface area contributed by atoms with Gasteiger partial charge in [0, 0.05) is 12.5 Å². The predicted molar refractivity (Wildman–Crippen MR) is 92.9 cm³/mol. The Morgan fingerprint density at radius 1 is 1.28 bits per heavy atom. The van der Waals surface area contributed by atoms with Gasteiger partial charge in [-0.05, 0) is 30.9 Å². The van der Waals surface area contributed by atoms with E-state index in [0.29, 0.717) is 23.8 Å². The number of para-hydroxylation sites is 2. The van der Waals surface area contributed by atoms with Gasteiger partial charge in [0.25, 0.3) is 5.91 Å². The zero-order valence-corrected chi connectivity index (χ0v) is 14.5. The van der Waals surface area contributed by atoms with Crippen LogP contribution in [-0.2, 0) is 20.7 Å². The molecule has 0 bridgehead atoms. The minimum Gasteiger partial charge on any atom is -0.456 e. The Balaban J connectivity index is 1.39. The third-order valence-electron chi connectivity index (χ3n) is 4.70. The van der Waals surface area contributed by atoms with Gasteiger partial charge in [-0.2, -0.15) is 0 Å². The van der Waals surface area contributed by atoms with Crippen LogP contribution in [0.5, 0.6) is 0 Å². The molecule has 6 nitrogen and oxygen atoms in total. The van der Waals surface area contributed by atoms with E-state index in [0.717, 1.165) is 24.8 Å². The zero-order valence-electron chi connectivity index (χ0n) is 14.5. The summed E-state index contributed by atoms with van der Waals surface area (Å²) in [5.74, 6) is 0.328. The average molecular weight is 344 g/mol. The summed E-state index contributed by atoms with van der Waals surface area (Å²) in [4.78, 5) is 28.1. The van der Waals surface area contributed by atoms with E-state index in [-0.39, 0.29) is 25.0 Å². The van der Waals surface area contributed by atoms with Crippen molar-refractivity contribution in [3.8, 4) is 0 Å². The maximum Gasteiger partial charge on any atom is 0.306 e. The molecule has 1 heterocycles. The first-order valence-electron chi connectivity index (χ1n) is 8.91. The molecule has 1 N–H and O–H groups in total. The molecule has 0 radical (unpaired) electrons. The van der Waals surface area contributed by atoms with E-state index >= 15 is 0 Å². The smallest absolute Gasteiger partial charge is 0.306 e. The van der Waals surface area contributed by atoms with Gasteiger partial charge >= 0.3 is 5.97 Å². The highest BCUT2D eigenvalue weighted by molar-refractivity contribution is 5.80. The Hall–Kier alpha value is -2.37. The molecular formula is C19H24N2O4. The molecule has 1 fully saturated rings. The average Bonchev–Trinajstić information content (AvgIpc) is 3.03. The van der Waals surface area contributed by atoms with Crippen LogP contribution >= 0.6 is 0 Å². The molecule has 134 valence electrons. The number of hydrogen-bond acceptors (Lipinski definition) is 5. The summed E-state index contributed by atoms with van der Waals surface area (Å²) in [6, 6.07) is 7.64. The van der Waals surface area contributed by atoms with Crippen LogP contribution in [0.15, 0.2) is 28.7 Å². The van der Waals surface area contributed by atoms with E-state index in [1.54, 1.807) is 0 Å². The Morgan fingerprint density at radius 3 is 2.88 bits per heavy atom. The molecule has 0 aliphatic heterocycles. The lowest BCUT2D eigenvalue weighted by Crippen LogP contribution is -2.42. The van der Waals surface area contributed by atoms with E-state index in [9.17, 15) is 9.59 Å². The number of carbonyl (C=O) groups is 2. The number of nitrogens with one attached hydrogen (secondary N) is 1. The first-order valence-corrected chi connectivity index (χ1v) is 8.91. The van der Waals surface area contributed by atoms with E-state index in [1.807, 2.05) is 24.3 Å². The molecule has 1 aromatic heterocycles. The van der Waals surface area contributed by atoms with Crippen molar-refractivity contribution in [3.05, 3.63) is 30.2 Å². The quantitative estimate of drug-likeness (QED) is 0.815. The summed E-state index contributed by atoms with van der Waals surface area (Å²) in [6.45, 7) is 1.92. The van der Waals surface area contributed by atoms with Crippen LogP contribution in [0.1, 0.15) is 44.9 Å². The fraction of sp³-hybridized carbons (Fsp3) is 0.526. The van der Waals surface area contributed by atoms with Gasteiger partial charge < -0.3 is 14.5 Å². The van der Waals surface area contributed by atoms with Crippen molar-refractivity contribution in [3.63, 3.8) is 0 Å². The van der Waals surface area contributed by atoms with Crippen molar-refractivity contribution in [1.29, 1.82) is 0 Å². The van der Waals surface area contributed by atoms with Gasteiger partial charge in [0.05, 0.1) is 6.42 Å². The molecule has 3 rings (SSSR count). The highest BCUT2D eigenvalue weighted by Crippen LogP contribution is 2.23.